The number of pyridine rings is 1. The highest BCUT2D eigenvalue weighted by Gasteiger charge is 2.23. The van der Waals surface area contributed by atoms with E-state index in [0.717, 1.165) is 5.56 Å². The number of thiophene rings is 1. The van der Waals surface area contributed by atoms with Gasteiger partial charge in [0.1, 0.15) is 12.1 Å². The van der Waals surface area contributed by atoms with Crippen LogP contribution in [0.1, 0.15) is 19.4 Å². The van der Waals surface area contributed by atoms with Crippen LogP contribution in [0.2, 0.25) is 0 Å². The van der Waals surface area contributed by atoms with Gasteiger partial charge in [0.2, 0.25) is 5.91 Å². The van der Waals surface area contributed by atoms with Gasteiger partial charge in [0.05, 0.1) is 18.4 Å². The van der Waals surface area contributed by atoms with E-state index in [0.29, 0.717) is 18.2 Å². The van der Waals surface area contributed by atoms with Crippen LogP contribution < -0.4 is 16.0 Å². The van der Waals surface area contributed by atoms with Crippen molar-refractivity contribution in [2.75, 3.05) is 25.0 Å². The van der Waals surface area contributed by atoms with Crippen LogP contribution >= 0.6 is 11.3 Å². The SMILES string of the molecule is CCNC(=NCC(=O)Nc1cccnc1)NCC(C)(O)c1ccsc1. The Morgan fingerprint density at radius 1 is 1.40 bits per heavy atom. The van der Waals surface area contributed by atoms with Gasteiger partial charge in [-0.05, 0) is 48.4 Å². The number of carbonyl (C=O) groups excluding carboxylic acids is 1. The first-order chi connectivity index (χ1) is 12.0. The number of rotatable bonds is 7. The predicted molar refractivity (Wildman–Crippen MR) is 101 cm³/mol. The number of aromatic nitrogens is 1. The number of nitrogens with zero attached hydrogens (tertiary/aromatic N) is 2. The zero-order valence-corrected chi connectivity index (χ0v) is 15.1. The zero-order valence-electron chi connectivity index (χ0n) is 14.3. The fourth-order valence-electron chi connectivity index (χ4n) is 2.06. The molecule has 1 atom stereocenters. The van der Waals surface area contributed by atoms with Crippen LogP contribution in [0.5, 0.6) is 0 Å². The number of nitrogens with one attached hydrogen (secondary N) is 3. The summed E-state index contributed by atoms with van der Waals surface area (Å²) in [4.78, 5) is 20.1. The summed E-state index contributed by atoms with van der Waals surface area (Å²) in [5, 5.41) is 23.2. The average Bonchev–Trinajstić information content (AvgIpc) is 3.14. The maximum atomic E-state index is 12.0. The van der Waals surface area contributed by atoms with Crippen LogP contribution in [-0.2, 0) is 10.4 Å². The Kier molecular flexibility index (Phi) is 6.91. The van der Waals surface area contributed by atoms with Gasteiger partial charge in [-0.3, -0.25) is 9.78 Å². The first-order valence-corrected chi connectivity index (χ1v) is 8.92. The van der Waals surface area contributed by atoms with Crippen molar-refractivity contribution in [1.82, 2.24) is 15.6 Å². The van der Waals surface area contributed by atoms with E-state index in [1.54, 1.807) is 31.5 Å². The molecule has 25 heavy (non-hydrogen) atoms. The summed E-state index contributed by atoms with van der Waals surface area (Å²) in [5.74, 6) is 0.231. The molecule has 1 unspecified atom stereocenters. The van der Waals surface area contributed by atoms with Gasteiger partial charge in [0, 0.05) is 12.7 Å². The molecule has 2 rings (SSSR count). The molecular formula is C17H23N5O2S. The summed E-state index contributed by atoms with van der Waals surface area (Å²) in [6.45, 7) is 4.56. The van der Waals surface area contributed by atoms with Crippen molar-refractivity contribution in [2.45, 2.75) is 19.4 Å². The Balaban J connectivity index is 1.90. The summed E-state index contributed by atoms with van der Waals surface area (Å²) < 4.78 is 0. The number of carbonyl (C=O) groups is 1. The monoisotopic (exact) mass is 361 g/mol. The van der Waals surface area contributed by atoms with Crippen molar-refractivity contribution in [2.24, 2.45) is 4.99 Å². The Hall–Kier alpha value is -2.45. The van der Waals surface area contributed by atoms with Gasteiger partial charge in [-0.15, -0.1) is 0 Å². The van der Waals surface area contributed by atoms with E-state index in [-0.39, 0.29) is 19.0 Å². The second-order valence-corrected chi connectivity index (χ2v) is 6.40. The molecule has 0 aliphatic heterocycles. The summed E-state index contributed by atoms with van der Waals surface area (Å²) in [6.07, 6.45) is 3.21. The van der Waals surface area contributed by atoms with E-state index < -0.39 is 5.60 Å². The smallest absolute Gasteiger partial charge is 0.246 e. The molecule has 0 fully saturated rings. The van der Waals surface area contributed by atoms with Gasteiger partial charge in [-0.25, -0.2) is 4.99 Å². The van der Waals surface area contributed by atoms with E-state index >= 15 is 0 Å². The maximum absolute atomic E-state index is 12.0. The van der Waals surface area contributed by atoms with Crippen molar-refractivity contribution < 1.29 is 9.90 Å². The summed E-state index contributed by atoms with van der Waals surface area (Å²) in [7, 11) is 0. The fraction of sp³-hybridized carbons (Fsp3) is 0.353. The number of aliphatic hydroxyl groups is 1. The normalized spacial score (nSPS) is 13.8. The predicted octanol–water partition coefficient (Wildman–Crippen LogP) is 1.54. The first kappa shape index (κ1) is 18.9. The van der Waals surface area contributed by atoms with Crippen LogP contribution in [0.25, 0.3) is 0 Å². The lowest BCUT2D eigenvalue weighted by molar-refractivity contribution is -0.114. The lowest BCUT2D eigenvalue weighted by Crippen LogP contribution is -2.44. The van der Waals surface area contributed by atoms with Crippen molar-refractivity contribution in [3.05, 3.63) is 46.9 Å². The van der Waals surface area contributed by atoms with E-state index in [1.807, 2.05) is 23.8 Å². The van der Waals surface area contributed by atoms with E-state index in [4.69, 9.17) is 0 Å². The number of hydrogen-bond acceptors (Lipinski definition) is 5. The van der Waals surface area contributed by atoms with Gasteiger partial charge in [-0.1, -0.05) is 0 Å². The van der Waals surface area contributed by atoms with E-state index in [1.165, 1.54) is 11.3 Å². The number of amides is 1. The summed E-state index contributed by atoms with van der Waals surface area (Å²) in [5.41, 5.74) is 0.449. The molecule has 0 aliphatic carbocycles. The molecule has 0 saturated heterocycles. The van der Waals surface area contributed by atoms with Gasteiger partial charge in [0.25, 0.3) is 0 Å². The largest absolute Gasteiger partial charge is 0.384 e. The summed E-state index contributed by atoms with van der Waals surface area (Å²) >= 11 is 1.53. The molecule has 4 N–H and O–H groups in total. The molecular weight excluding hydrogens is 338 g/mol. The third-order valence-corrected chi connectivity index (χ3v) is 4.10. The second-order valence-electron chi connectivity index (χ2n) is 5.62. The molecule has 1 amide bonds. The lowest BCUT2D eigenvalue weighted by Gasteiger charge is -2.24. The van der Waals surface area contributed by atoms with E-state index in [2.05, 4.69) is 25.9 Å². The van der Waals surface area contributed by atoms with Crippen LogP contribution in [0.3, 0.4) is 0 Å². The molecule has 2 heterocycles. The lowest BCUT2D eigenvalue weighted by atomic mass is 9.99. The van der Waals surface area contributed by atoms with Crippen LogP contribution in [-0.4, -0.2) is 41.6 Å². The summed E-state index contributed by atoms with van der Waals surface area (Å²) in [6, 6.07) is 5.39. The van der Waals surface area contributed by atoms with Crippen molar-refractivity contribution in [1.29, 1.82) is 0 Å². The minimum Gasteiger partial charge on any atom is -0.384 e. The minimum absolute atomic E-state index is 0.0369. The number of guanidine groups is 1. The highest BCUT2D eigenvalue weighted by Crippen LogP contribution is 2.21. The van der Waals surface area contributed by atoms with Crippen molar-refractivity contribution >= 4 is 28.9 Å². The van der Waals surface area contributed by atoms with Crippen molar-refractivity contribution in [3.63, 3.8) is 0 Å². The van der Waals surface area contributed by atoms with Crippen molar-refractivity contribution in [3.8, 4) is 0 Å². The van der Waals surface area contributed by atoms with Crippen LogP contribution in [0.15, 0.2) is 46.3 Å². The molecule has 2 aromatic rings. The average molecular weight is 361 g/mol. The molecule has 7 nitrogen and oxygen atoms in total. The third-order valence-electron chi connectivity index (χ3n) is 3.41. The Morgan fingerprint density at radius 2 is 2.24 bits per heavy atom. The fourth-order valence-corrected chi connectivity index (χ4v) is 2.84. The Labute approximate surface area is 151 Å². The quantitative estimate of drug-likeness (QED) is 0.443. The molecule has 0 aliphatic rings. The number of anilines is 1. The van der Waals surface area contributed by atoms with Gasteiger partial charge in [-0.2, -0.15) is 11.3 Å². The standard InChI is InChI=1S/C17H23N5O2S/c1-3-19-16(21-12-17(2,24)13-6-8-25-11-13)20-10-15(23)22-14-5-4-7-18-9-14/h4-9,11,24H,3,10,12H2,1-2H3,(H,22,23)(H2,19,20,21). The molecule has 8 heteroatoms. The molecule has 2 aromatic heterocycles. The van der Waals surface area contributed by atoms with Crippen LogP contribution in [0.4, 0.5) is 5.69 Å². The Morgan fingerprint density at radius 3 is 2.88 bits per heavy atom. The van der Waals surface area contributed by atoms with Gasteiger partial charge < -0.3 is 21.1 Å². The second kappa shape index (κ2) is 9.14. The first-order valence-electron chi connectivity index (χ1n) is 7.98. The van der Waals surface area contributed by atoms with Crippen LogP contribution in [0, 0.1) is 0 Å². The number of hydrogen-bond donors (Lipinski definition) is 4. The third kappa shape index (κ3) is 6.17. The Bertz CT molecular complexity index is 686. The molecule has 0 bridgehead atoms. The molecule has 0 spiro atoms. The highest BCUT2D eigenvalue weighted by molar-refractivity contribution is 7.08. The topological polar surface area (TPSA) is 98.6 Å². The molecule has 0 saturated carbocycles. The maximum Gasteiger partial charge on any atom is 0.246 e. The van der Waals surface area contributed by atoms with Gasteiger partial charge >= 0.3 is 0 Å². The van der Waals surface area contributed by atoms with E-state index in [9.17, 15) is 9.90 Å². The zero-order chi connectivity index (χ0) is 18.1. The molecule has 0 aromatic carbocycles. The highest BCUT2D eigenvalue weighted by atomic mass is 32.1. The molecule has 0 radical (unpaired) electrons. The minimum atomic E-state index is -1.02. The molecule has 134 valence electrons. The number of aliphatic imine (C=N–C) groups is 1. The van der Waals surface area contributed by atoms with Gasteiger partial charge in [0.15, 0.2) is 5.96 Å².